The first-order valence-electron chi connectivity index (χ1n) is 7.26. The van der Waals surface area contributed by atoms with Crippen LogP contribution in [0.2, 0.25) is 0 Å². The zero-order valence-corrected chi connectivity index (χ0v) is 12.5. The molecule has 1 rings (SSSR count). The van der Waals surface area contributed by atoms with E-state index >= 15 is 0 Å². The Morgan fingerprint density at radius 2 is 1.74 bits per heavy atom. The van der Waals surface area contributed by atoms with Crippen LogP contribution in [0.1, 0.15) is 44.6 Å². The maximum absolute atomic E-state index is 9.76. The van der Waals surface area contributed by atoms with Crippen molar-refractivity contribution in [3.63, 3.8) is 0 Å². The van der Waals surface area contributed by atoms with Crippen molar-refractivity contribution < 1.29 is 0 Å². The first-order chi connectivity index (χ1) is 9.14. The molecule has 0 spiro atoms. The molecule has 0 amide bonds. The monoisotopic (exact) mass is 258 g/mol. The molecule has 0 bridgehead atoms. The van der Waals surface area contributed by atoms with Crippen LogP contribution in [0.5, 0.6) is 0 Å². The van der Waals surface area contributed by atoms with E-state index in [4.69, 9.17) is 0 Å². The average molecular weight is 258 g/mol. The SMILES string of the molecule is CCCCC(C#N)(CCCN(C)C)c1ccccc1. The van der Waals surface area contributed by atoms with Crippen LogP contribution in [0.25, 0.3) is 0 Å². The van der Waals surface area contributed by atoms with Gasteiger partial charge in [-0.2, -0.15) is 5.26 Å². The van der Waals surface area contributed by atoms with E-state index < -0.39 is 0 Å². The number of benzene rings is 1. The topological polar surface area (TPSA) is 27.0 Å². The summed E-state index contributed by atoms with van der Waals surface area (Å²) in [4.78, 5) is 2.19. The molecule has 0 aromatic heterocycles. The molecule has 0 aliphatic rings. The van der Waals surface area contributed by atoms with E-state index in [0.29, 0.717) is 0 Å². The second-order valence-electron chi connectivity index (χ2n) is 5.57. The molecule has 0 fully saturated rings. The largest absolute Gasteiger partial charge is 0.309 e. The zero-order valence-electron chi connectivity index (χ0n) is 12.5. The van der Waals surface area contributed by atoms with Gasteiger partial charge < -0.3 is 4.90 Å². The van der Waals surface area contributed by atoms with Crippen molar-refractivity contribution in [2.75, 3.05) is 20.6 Å². The van der Waals surface area contributed by atoms with Crippen molar-refractivity contribution in [1.82, 2.24) is 4.90 Å². The summed E-state index contributed by atoms with van der Waals surface area (Å²) in [6.45, 7) is 3.23. The number of rotatable bonds is 8. The van der Waals surface area contributed by atoms with E-state index in [1.807, 2.05) is 18.2 Å². The molecule has 104 valence electrons. The fourth-order valence-electron chi connectivity index (χ4n) is 2.52. The molecular weight excluding hydrogens is 232 g/mol. The number of nitrogens with zero attached hydrogens (tertiary/aromatic N) is 2. The predicted octanol–water partition coefficient (Wildman–Crippen LogP) is 3.98. The van der Waals surface area contributed by atoms with Crippen molar-refractivity contribution in [2.24, 2.45) is 0 Å². The molecular formula is C17H26N2. The minimum atomic E-state index is -0.298. The lowest BCUT2D eigenvalue weighted by molar-refractivity contribution is 0.355. The third-order valence-corrected chi connectivity index (χ3v) is 3.71. The molecule has 0 aliphatic heterocycles. The second-order valence-corrected chi connectivity index (χ2v) is 5.57. The Hall–Kier alpha value is -1.33. The molecule has 0 saturated carbocycles. The van der Waals surface area contributed by atoms with Crippen molar-refractivity contribution in [3.05, 3.63) is 35.9 Å². The summed E-state index contributed by atoms with van der Waals surface area (Å²) in [6, 6.07) is 12.9. The summed E-state index contributed by atoms with van der Waals surface area (Å²) in [7, 11) is 4.17. The summed E-state index contributed by atoms with van der Waals surface area (Å²) in [5.41, 5.74) is 0.887. The fraction of sp³-hybridized carbons (Fsp3) is 0.588. The molecule has 0 aliphatic carbocycles. The number of nitriles is 1. The molecule has 1 atom stereocenters. The number of unbranched alkanes of at least 4 members (excludes halogenated alkanes) is 1. The highest BCUT2D eigenvalue weighted by Crippen LogP contribution is 2.34. The average Bonchev–Trinajstić information content (AvgIpc) is 2.43. The van der Waals surface area contributed by atoms with Crippen LogP contribution < -0.4 is 0 Å². The fourth-order valence-corrected chi connectivity index (χ4v) is 2.52. The molecule has 19 heavy (non-hydrogen) atoms. The highest BCUT2D eigenvalue weighted by molar-refractivity contribution is 5.32. The van der Waals surface area contributed by atoms with Gasteiger partial charge >= 0.3 is 0 Å². The number of hydrogen-bond acceptors (Lipinski definition) is 2. The standard InChI is InChI=1S/C17H26N2/c1-4-5-12-17(15-18,13-9-14-19(2)3)16-10-7-6-8-11-16/h6-8,10-11H,4-5,9,12-14H2,1-3H3. The summed E-state index contributed by atoms with van der Waals surface area (Å²) in [5.74, 6) is 0. The molecule has 1 unspecified atom stereocenters. The van der Waals surface area contributed by atoms with Gasteiger partial charge in [0, 0.05) is 0 Å². The van der Waals surface area contributed by atoms with Crippen LogP contribution >= 0.6 is 0 Å². The maximum Gasteiger partial charge on any atom is 0.0822 e. The minimum absolute atomic E-state index is 0.298. The van der Waals surface area contributed by atoms with Crippen LogP contribution in [0.15, 0.2) is 30.3 Å². The van der Waals surface area contributed by atoms with E-state index in [-0.39, 0.29) is 5.41 Å². The first kappa shape index (κ1) is 15.7. The molecule has 0 saturated heterocycles. The quantitative estimate of drug-likeness (QED) is 0.705. The highest BCUT2D eigenvalue weighted by atomic mass is 15.0. The third kappa shape index (κ3) is 4.69. The lowest BCUT2D eigenvalue weighted by Gasteiger charge is -2.28. The Kier molecular flexibility index (Phi) is 6.59. The van der Waals surface area contributed by atoms with Gasteiger partial charge in [0.1, 0.15) is 0 Å². The van der Waals surface area contributed by atoms with Gasteiger partial charge in [-0.15, -0.1) is 0 Å². The van der Waals surface area contributed by atoms with Gasteiger partial charge in [-0.25, -0.2) is 0 Å². The van der Waals surface area contributed by atoms with Gasteiger partial charge in [-0.3, -0.25) is 0 Å². The normalized spacial score (nSPS) is 14.1. The lowest BCUT2D eigenvalue weighted by Crippen LogP contribution is -2.26. The van der Waals surface area contributed by atoms with Crippen LogP contribution in [0.4, 0.5) is 0 Å². The van der Waals surface area contributed by atoms with Gasteiger partial charge in [0.2, 0.25) is 0 Å². The highest BCUT2D eigenvalue weighted by Gasteiger charge is 2.30. The van der Waals surface area contributed by atoms with E-state index in [0.717, 1.165) is 38.6 Å². The van der Waals surface area contributed by atoms with E-state index in [1.54, 1.807) is 0 Å². The van der Waals surface area contributed by atoms with Crippen LogP contribution in [-0.4, -0.2) is 25.5 Å². The van der Waals surface area contributed by atoms with Crippen molar-refractivity contribution in [3.8, 4) is 6.07 Å². The molecule has 0 N–H and O–H groups in total. The Morgan fingerprint density at radius 1 is 1.11 bits per heavy atom. The Bertz CT molecular complexity index is 391. The van der Waals surface area contributed by atoms with Gasteiger partial charge in [-0.05, 0) is 45.5 Å². The summed E-state index contributed by atoms with van der Waals surface area (Å²) in [6.07, 6.45) is 5.25. The Labute approximate surface area is 118 Å². The summed E-state index contributed by atoms with van der Waals surface area (Å²) < 4.78 is 0. The number of hydrogen-bond donors (Lipinski definition) is 0. The Balaban J connectivity index is 2.86. The predicted molar refractivity (Wildman–Crippen MR) is 81.0 cm³/mol. The van der Waals surface area contributed by atoms with Gasteiger partial charge in [0.05, 0.1) is 11.5 Å². The van der Waals surface area contributed by atoms with Crippen LogP contribution in [0.3, 0.4) is 0 Å². The second kappa shape index (κ2) is 7.96. The van der Waals surface area contributed by atoms with Crippen molar-refractivity contribution >= 4 is 0 Å². The lowest BCUT2D eigenvalue weighted by atomic mass is 9.74. The van der Waals surface area contributed by atoms with E-state index in [1.165, 1.54) is 5.56 Å². The van der Waals surface area contributed by atoms with E-state index in [9.17, 15) is 5.26 Å². The molecule has 1 aromatic rings. The van der Waals surface area contributed by atoms with Gasteiger partial charge in [0.15, 0.2) is 0 Å². The molecule has 2 heteroatoms. The van der Waals surface area contributed by atoms with Gasteiger partial charge in [-0.1, -0.05) is 50.1 Å². The minimum Gasteiger partial charge on any atom is -0.309 e. The Morgan fingerprint density at radius 3 is 2.26 bits per heavy atom. The van der Waals surface area contributed by atoms with E-state index in [2.05, 4.69) is 44.1 Å². The molecule has 0 heterocycles. The maximum atomic E-state index is 9.76. The first-order valence-corrected chi connectivity index (χ1v) is 7.26. The smallest absolute Gasteiger partial charge is 0.0822 e. The third-order valence-electron chi connectivity index (χ3n) is 3.71. The summed E-state index contributed by atoms with van der Waals surface area (Å²) >= 11 is 0. The molecule has 0 radical (unpaired) electrons. The van der Waals surface area contributed by atoms with Crippen molar-refractivity contribution in [1.29, 1.82) is 5.26 Å². The van der Waals surface area contributed by atoms with Crippen LogP contribution in [-0.2, 0) is 5.41 Å². The van der Waals surface area contributed by atoms with Crippen LogP contribution in [0, 0.1) is 11.3 Å². The summed E-state index contributed by atoms with van der Waals surface area (Å²) in [5, 5.41) is 9.76. The zero-order chi connectivity index (χ0) is 14.1. The molecule has 1 aromatic carbocycles. The molecule has 2 nitrogen and oxygen atoms in total. The van der Waals surface area contributed by atoms with Crippen molar-refractivity contribution in [2.45, 2.75) is 44.4 Å². The van der Waals surface area contributed by atoms with Gasteiger partial charge in [0.25, 0.3) is 0 Å².